The van der Waals surface area contributed by atoms with Crippen LogP contribution in [0.15, 0.2) is 11.5 Å². The van der Waals surface area contributed by atoms with E-state index in [1.807, 2.05) is 13.0 Å². The Morgan fingerprint density at radius 3 is 2.00 bits per heavy atom. The van der Waals surface area contributed by atoms with Crippen LogP contribution in [-0.2, 0) is 4.79 Å². The van der Waals surface area contributed by atoms with Crippen LogP contribution in [0.1, 0.15) is 6.92 Å². The summed E-state index contributed by atoms with van der Waals surface area (Å²) in [6.45, 7) is 1.92. The summed E-state index contributed by atoms with van der Waals surface area (Å²) in [5, 5.41) is 7.10. The Labute approximate surface area is 48.2 Å². The highest BCUT2D eigenvalue weighted by Crippen LogP contribution is 1.69. The van der Waals surface area contributed by atoms with Crippen LogP contribution in [0.4, 0.5) is 0 Å². The Kier molecular flexibility index (Phi) is 24.8. The first-order valence-corrected chi connectivity index (χ1v) is 2.14. The van der Waals surface area contributed by atoms with Gasteiger partial charge in [-0.2, -0.15) is 12.6 Å². The summed E-state index contributed by atoms with van der Waals surface area (Å²) in [6.07, 6.45) is 2.61. The van der Waals surface area contributed by atoms with Gasteiger partial charge in [0.1, 0.15) is 0 Å². The van der Waals surface area contributed by atoms with Crippen molar-refractivity contribution in [3.63, 3.8) is 0 Å². The molecule has 0 saturated carbocycles. The zero-order valence-electron chi connectivity index (χ0n) is 4.01. The largest absolute Gasteiger partial charge is 0.231 e. The number of hydrogen-bond donors (Lipinski definition) is 2. The molecule has 0 atom stereocenters. The predicted octanol–water partition coefficient (Wildman–Crippen LogP) is 1.35. The molecule has 0 spiro atoms. The predicted molar refractivity (Wildman–Crippen MR) is 32.2 cm³/mol. The fraction of sp³-hybridized carbons (Fsp3) is 0.250. The second-order valence-corrected chi connectivity index (χ2v) is 0.883. The third-order valence-electron chi connectivity index (χ3n) is 0.149. The van der Waals surface area contributed by atoms with Gasteiger partial charge in [-0.15, -0.1) is 0 Å². The highest BCUT2D eigenvalue weighted by Gasteiger charge is 1.34. The molecule has 0 heterocycles. The normalized spacial score (nSPS) is 6.57. The molecule has 0 saturated heterocycles. The lowest BCUT2D eigenvalue weighted by Crippen LogP contribution is -1.20. The van der Waals surface area contributed by atoms with Crippen LogP contribution >= 0.6 is 12.6 Å². The molecule has 40 valence electrons. The SMILES string of the molecule is CC=CS.N=C=O. The van der Waals surface area contributed by atoms with Crippen LogP contribution < -0.4 is 0 Å². The third kappa shape index (κ3) is 298. The van der Waals surface area contributed by atoms with Gasteiger partial charge >= 0.3 is 0 Å². The van der Waals surface area contributed by atoms with Gasteiger partial charge in [0.05, 0.1) is 0 Å². The van der Waals surface area contributed by atoms with Crippen LogP contribution in [0.2, 0.25) is 0 Å². The average Bonchev–Trinajstić information content (AvgIpc) is 1.69. The van der Waals surface area contributed by atoms with Crippen LogP contribution in [0.5, 0.6) is 0 Å². The van der Waals surface area contributed by atoms with E-state index in [1.54, 1.807) is 5.41 Å². The van der Waals surface area contributed by atoms with E-state index in [-0.39, 0.29) is 0 Å². The number of allylic oxidation sites excluding steroid dienone is 1. The molecule has 0 aromatic carbocycles. The number of isocyanates is 1. The fourth-order valence-electron chi connectivity index (χ4n) is 0. The first-order valence-electron chi connectivity index (χ1n) is 1.62. The molecule has 0 fully saturated rings. The molecule has 3 heteroatoms. The van der Waals surface area contributed by atoms with Crippen molar-refractivity contribution in [1.29, 1.82) is 5.41 Å². The van der Waals surface area contributed by atoms with E-state index < -0.39 is 0 Å². The van der Waals surface area contributed by atoms with E-state index in [4.69, 9.17) is 10.2 Å². The molecule has 0 aliphatic heterocycles. The van der Waals surface area contributed by atoms with Crippen molar-refractivity contribution in [2.24, 2.45) is 0 Å². The Bertz CT molecular complexity index is 69.8. The smallest absolute Gasteiger partial charge is 0.222 e. The molecule has 1 N–H and O–H groups in total. The van der Waals surface area contributed by atoms with E-state index >= 15 is 0 Å². The molecule has 0 aliphatic carbocycles. The summed E-state index contributed by atoms with van der Waals surface area (Å²) in [7, 11) is 0. The van der Waals surface area contributed by atoms with Gasteiger partial charge in [-0.05, 0) is 12.3 Å². The zero-order chi connectivity index (χ0) is 6.12. The van der Waals surface area contributed by atoms with Crippen LogP contribution in [0, 0.1) is 5.41 Å². The zero-order valence-corrected chi connectivity index (χ0v) is 4.90. The van der Waals surface area contributed by atoms with E-state index in [2.05, 4.69) is 12.6 Å². The van der Waals surface area contributed by atoms with Crippen molar-refractivity contribution in [2.45, 2.75) is 6.92 Å². The van der Waals surface area contributed by atoms with E-state index in [0.29, 0.717) is 0 Å². The Morgan fingerprint density at radius 1 is 1.86 bits per heavy atom. The molecular weight excluding hydrogens is 110 g/mol. The van der Waals surface area contributed by atoms with Gasteiger partial charge in [0.15, 0.2) is 0 Å². The second-order valence-electron chi connectivity index (χ2n) is 0.584. The van der Waals surface area contributed by atoms with Crippen molar-refractivity contribution in [3.05, 3.63) is 11.5 Å². The Hall–Kier alpha value is -0.530. The van der Waals surface area contributed by atoms with Gasteiger partial charge < -0.3 is 0 Å². The molecule has 0 amide bonds. The lowest BCUT2D eigenvalue weighted by molar-refractivity contribution is 0.563. The monoisotopic (exact) mass is 117 g/mol. The minimum absolute atomic E-state index is 0.750. The van der Waals surface area contributed by atoms with E-state index in [9.17, 15) is 0 Å². The second kappa shape index (κ2) is 17.9. The molecule has 7 heavy (non-hydrogen) atoms. The quantitative estimate of drug-likeness (QED) is 0.280. The maximum absolute atomic E-state index is 8.35. The molecule has 0 aromatic heterocycles. The molecule has 2 nitrogen and oxygen atoms in total. The fourth-order valence-corrected chi connectivity index (χ4v) is 0. The lowest BCUT2D eigenvalue weighted by atomic mass is 10.8. The topological polar surface area (TPSA) is 40.9 Å². The highest BCUT2D eigenvalue weighted by atomic mass is 32.1. The van der Waals surface area contributed by atoms with Crippen molar-refractivity contribution in [3.8, 4) is 0 Å². The maximum atomic E-state index is 8.35. The summed E-state index contributed by atoms with van der Waals surface area (Å²) in [5.74, 6) is 0. The summed E-state index contributed by atoms with van der Waals surface area (Å²) < 4.78 is 0. The van der Waals surface area contributed by atoms with Crippen LogP contribution in [-0.4, -0.2) is 6.08 Å². The van der Waals surface area contributed by atoms with Crippen molar-refractivity contribution in [1.82, 2.24) is 0 Å². The Morgan fingerprint density at radius 2 is 2.00 bits per heavy atom. The van der Waals surface area contributed by atoms with Crippen molar-refractivity contribution < 1.29 is 4.79 Å². The number of carbonyl (C=O) groups excluding carboxylic acids is 1. The number of hydrogen-bond acceptors (Lipinski definition) is 3. The van der Waals surface area contributed by atoms with E-state index in [0.717, 1.165) is 6.08 Å². The molecule has 0 aromatic rings. The van der Waals surface area contributed by atoms with Crippen LogP contribution in [0.3, 0.4) is 0 Å². The van der Waals surface area contributed by atoms with Gasteiger partial charge in [0.25, 0.3) is 0 Å². The summed E-state index contributed by atoms with van der Waals surface area (Å²) in [5.41, 5.74) is 0. The number of thiol groups is 1. The minimum atomic E-state index is 0.750. The molecule has 0 rings (SSSR count). The van der Waals surface area contributed by atoms with Crippen molar-refractivity contribution >= 4 is 18.7 Å². The molecule has 0 aliphatic rings. The number of rotatable bonds is 0. The summed E-state index contributed by atoms with van der Waals surface area (Å²) >= 11 is 3.74. The number of nitrogens with one attached hydrogen (secondary N) is 1. The van der Waals surface area contributed by atoms with Gasteiger partial charge in [0.2, 0.25) is 6.08 Å². The van der Waals surface area contributed by atoms with E-state index in [1.165, 1.54) is 0 Å². The molecule has 0 bridgehead atoms. The average molecular weight is 117 g/mol. The third-order valence-corrected chi connectivity index (χ3v) is 0.447. The minimum Gasteiger partial charge on any atom is -0.222 e. The first kappa shape index (κ1) is 9.69. The van der Waals surface area contributed by atoms with Gasteiger partial charge in [-0.25, -0.2) is 10.2 Å². The lowest BCUT2D eigenvalue weighted by Gasteiger charge is -1.49. The molecule has 0 radical (unpaired) electrons. The van der Waals surface area contributed by atoms with Crippen LogP contribution in [0.25, 0.3) is 0 Å². The summed E-state index contributed by atoms with van der Waals surface area (Å²) in [6, 6.07) is 0. The molecular formula is C4H7NOS. The van der Waals surface area contributed by atoms with Crippen molar-refractivity contribution in [2.75, 3.05) is 0 Å². The maximum Gasteiger partial charge on any atom is 0.231 e. The van der Waals surface area contributed by atoms with Gasteiger partial charge in [0, 0.05) is 0 Å². The standard InChI is InChI=1S/C3H6S.CHNO/c1-2-3-4;2-1-3/h2-4H,1H3;2H. The van der Waals surface area contributed by atoms with Gasteiger partial charge in [-0.3, -0.25) is 0 Å². The highest BCUT2D eigenvalue weighted by molar-refractivity contribution is 7.83. The van der Waals surface area contributed by atoms with Gasteiger partial charge in [-0.1, -0.05) is 6.08 Å². The Balaban J connectivity index is 0. The molecule has 0 unspecified atom stereocenters. The first-order chi connectivity index (χ1) is 3.33. The summed E-state index contributed by atoms with van der Waals surface area (Å²) in [4.78, 5) is 8.35.